The van der Waals surface area contributed by atoms with Crippen molar-refractivity contribution in [1.29, 1.82) is 0 Å². The Morgan fingerprint density at radius 2 is 2.00 bits per heavy atom. The molecule has 1 aromatic carbocycles. The molecule has 0 saturated heterocycles. The highest BCUT2D eigenvalue weighted by Gasteiger charge is 2.65. The van der Waals surface area contributed by atoms with Crippen LogP contribution in [0.3, 0.4) is 0 Å². The van der Waals surface area contributed by atoms with Gasteiger partial charge in [-0.3, -0.25) is 0 Å². The normalized spacial score (nSPS) is 34.2. The summed E-state index contributed by atoms with van der Waals surface area (Å²) < 4.78 is 5.65. The molecular weight excluding hydrogens is 306 g/mol. The van der Waals surface area contributed by atoms with E-state index in [1.165, 1.54) is 4.88 Å². The lowest BCUT2D eigenvalue weighted by molar-refractivity contribution is -0.140. The van der Waals surface area contributed by atoms with Crippen LogP contribution in [-0.2, 0) is 9.53 Å². The summed E-state index contributed by atoms with van der Waals surface area (Å²) >= 11 is 1.71. The molecule has 2 heterocycles. The maximum atomic E-state index is 12.9. The Morgan fingerprint density at radius 3 is 2.78 bits per heavy atom. The predicted molar refractivity (Wildman–Crippen MR) is 89.6 cm³/mol. The third kappa shape index (κ3) is 1.70. The molecule has 0 N–H and O–H groups in total. The zero-order chi connectivity index (χ0) is 15.4. The lowest BCUT2D eigenvalue weighted by Crippen LogP contribution is -2.43. The number of aliphatic imine (C=N–C) groups is 1. The lowest BCUT2D eigenvalue weighted by atomic mass is 9.75. The van der Waals surface area contributed by atoms with Gasteiger partial charge < -0.3 is 4.74 Å². The van der Waals surface area contributed by atoms with E-state index in [1.807, 2.05) is 36.4 Å². The third-order valence-electron chi connectivity index (χ3n) is 5.26. The fourth-order valence-electron chi connectivity index (χ4n) is 4.29. The molecule has 23 heavy (non-hydrogen) atoms. The Labute approximate surface area is 138 Å². The number of fused-ring (bicyclic) bond motifs is 3. The van der Waals surface area contributed by atoms with Crippen molar-refractivity contribution in [3.05, 3.63) is 70.4 Å². The van der Waals surface area contributed by atoms with Crippen molar-refractivity contribution in [2.75, 3.05) is 0 Å². The number of carbonyl (C=O) groups excluding carboxylic acids is 1. The minimum atomic E-state index is -0.768. The number of cyclic esters (lactones) is 1. The van der Waals surface area contributed by atoms with E-state index < -0.39 is 5.54 Å². The van der Waals surface area contributed by atoms with E-state index in [0.717, 1.165) is 12.0 Å². The summed E-state index contributed by atoms with van der Waals surface area (Å²) in [5.41, 5.74) is 0.101. The van der Waals surface area contributed by atoms with Gasteiger partial charge in [0.2, 0.25) is 5.90 Å². The highest BCUT2D eigenvalue weighted by atomic mass is 32.1. The average Bonchev–Trinajstić information content (AvgIpc) is 3.34. The van der Waals surface area contributed by atoms with Crippen LogP contribution in [-0.4, -0.2) is 17.4 Å². The predicted octanol–water partition coefficient (Wildman–Crippen LogP) is 3.78. The van der Waals surface area contributed by atoms with Gasteiger partial charge in [0.15, 0.2) is 5.54 Å². The van der Waals surface area contributed by atoms with Crippen molar-refractivity contribution in [2.45, 2.75) is 17.9 Å². The van der Waals surface area contributed by atoms with Crippen LogP contribution in [0.4, 0.5) is 0 Å². The second kappa shape index (κ2) is 4.65. The number of hydrogen-bond donors (Lipinski definition) is 0. The first kappa shape index (κ1) is 13.3. The molecule has 1 saturated carbocycles. The minimum Gasteiger partial charge on any atom is -0.405 e. The smallest absolute Gasteiger partial charge is 0.342 e. The van der Waals surface area contributed by atoms with Crippen molar-refractivity contribution < 1.29 is 9.53 Å². The maximum absolute atomic E-state index is 12.9. The van der Waals surface area contributed by atoms with Crippen molar-refractivity contribution in [3.8, 4) is 0 Å². The van der Waals surface area contributed by atoms with E-state index in [4.69, 9.17) is 9.73 Å². The molecule has 4 heteroatoms. The van der Waals surface area contributed by atoms with Gasteiger partial charge in [-0.25, -0.2) is 9.79 Å². The van der Waals surface area contributed by atoms with E-state index in [2.05, 4.69) is 23.6 Å². The quantitative estimate of drug-likeness (QED) is 0.624. The molecule has 5 rings (SSSR count). The monoisotopic (exact) mass is 321 g/mol. The van der Waals surface area contributed by atoms with E-state index in [-0.39, 0.29) is 17.8 Å². The van der Waals surface area contributed by atoms with E-state index in [0.29, 0.717) is 11.8 Å². The van der Waals surface area contributed by atoms with Gasteiger partial charge in [0.05, 0.1) is 0 Å². The van der Waals surface area contributed by atoms with E-state index in [9.17, 15) is 4.79 Å². The molecular formula is C19H15NO2S. The summed E-state index contributed by atoms with van der Waals surface area (Å²) in [6.07, 6.45) is 5.40. The number of nitrogens with zero attached hydrogens (tertiary/aromatic N) is 1. The Kier molecular flexibility index (Phi) is 2.68. The summed E-state index contributed by atoms with van der Waals surface area (Å²) in [6.45, 7) is 0. The van der Waals surface area contributed by atoms with Crippen molar-refractivity contribution in [2.24, 2.45) is 16.8 Å². The molecule has 1 spiro atoms. The van der Waals surface area contributed by atoms with Gasteiger partial charge in [-0.15, -0.1) is 11.3 Å². The van der Waals surface area contributed by atoms with Gasteiger partial charge in [-0.2, -0.15) is 0 Å². The van der Waals surface area contributed by atoms with Crippen LogP contribution in [0.25, 0.3) is 0 Å². The number of benzene rings is 1. The van der Waals surface area contributed by atoms with E-state index in [1.54, 1.807) is 11.3 Å². The van der Waals surface area contributed by atoms with Crippen LogP contribution in [0.2, 0.25) is 0 Å². The topological polar surface area (TPSA) is 38.7 Å². The summed E-state index contributed by atoms with van der Waals surface area (Å²) in [6, 6.07) is 13.9. The van der Waals surface area contributed by atoms with Crippen molar-refractivity contribution in [1.82, 2.24) is 0 Å². The molecule has 1 aliphatic heterocycles. The zero-order valence-corrected chi connectivity index (χ0v) is 13.2. The highest BCUT2D eigenvalue weighted by molar-refractivity contribution is 7.10. The Morgan fingerprint density at radius 1 is 1.13 bits per heavy atom. The van der Waals surface area contributed by atoms with Crippen molar-refractivity contribution >= 4 is 23.2 Å². The second-order valence-electron chi connectivity index (χ2n) is 6.38. The maximum Gasteiger partial charge on any atom is 0.342 e. The summed E-state index contributed by atoms with van der Waals surface area (Å²) in [5, 5.41) is 2.07. The Hall–Kier alpha value is -2.20. The molecule has 3 nitrogen and oxygen atoms in total. The molecule has 114 valence electrons. The van der Waals surface area contributed by atoms with Gasteiger partial charge in [0.1, 0.15) is 0 Å². The molecule has 2 bridgehead atoms. The first-order chi connectivity index (χ1) is 11.3. The molecule has 0 radical (unpaired) electrons. The van der Waals surface area contributed by atoms with Crippen LogP contribution in [0.15, 0.2) is 65.0 Å². The largest absolute Gasteiger partial charge is 0.405 e. The van der Waals surface area contributed by atoms with Gasteiger partial charge in [-0.05, 0) is 35.9 Å². The average molecular weight is 321 g/mol. The zero-order valence-electron chi connectivity index (χ0n) is 12.4. The Balaban J connectivity index is 1.66. The number of esters is 1. The highest BCUT2D eigenvalue weighted by Crippen LogP contribution is 2.60. The molecule has 2 unspecified atom stereocenters. The molecule has 2 aromatic rings. The fourth-order valence-corrected chi connectivity index (χ4v) is 5.27. The fraction of sp³-hybridized carbons (Fsp3) is 0.263. The summed E-state index contributed by atoms with van der Waals surface area (Å²) in [5.74, 6) is 0.911. The first-order valence-corrected chi connectivity index (χ1v) is 8.76. The molecule has 3 aliphatic rings. The number of thiophene rings is 1. The van der Waals surface area contributed by atoms with E-state index >= 15 is 0 Å². The van der Waals surface area contributed by atoms with Crippen LogP contribution in [0.5, 0.6) is 0 Å². The van der Waals surface area contributed by atoms with Gasteiger partial charge in [0.25, 0.3) is 0 Å². The van der Waals surface area contributed by atoms with Crippen LogP contribution < -0.4 is 0 Å². The van der Waals surface area contributed by atoms with Gasteiger partial charge in [-0.1, -0.05) is 36.4 Å². The second-order valence-corrected chi connectivity index (χ2v) is 7.36. The number of hydrogen-bond acceptors (Lipinski definition) is 4. The summed E-state index contributed by atoms with van der Waals surface area (Å²) in [4.78, 5) is 19.0. The van der Waals surface area contributed by atoms with Gasteiger partial charge >= 0.3 is 5.97 Å². The van der Waals surface area contributed by atoms with Crippen LogP contribution in [0, 0.1) is 11.8 Å². The molecule has 1 fully saturated rings. The molecule has 4 atom stereocenters. The number of carbonyl (C=O) groups is 1. The van der Waals surface area contributed by atoms with Gasteiger partial charge in [0, 0.05) is 22.3 Å². The van der Waals surface area contributed by atoms with Crippen LogP contribution >= 0.6 is 11.3 Å². The molecule has 1 aromatic heterocycles. The molecule has 2 aliphatic carbocycles. The lowest BCUT2D eigenvalue weighted by Gasteiger charge is -2.31. The number of allylic oxidation sites excluding steroid dienone is 1. The third-order valence-corrected chi connectivity index (χ3v) is 6.21. The van der Waals surface area contributed by atoms with Crippen LogP contribution in [0.1, 0.15) is 22.8 Å². The molecule has 0 amide bonds. The number of ether oxygens (including phenoxy) is 1. The SMILES string of the molecule is O=C1OC(c2ccccc2)=N[C@@]12C1C=CC(C1)[C@@H]2c1cccs1. The minimum absolute atomic E-state index is 0.103. The Bertz CT molecular complexity index is 824. The first-order valence-electron chi connectivity index (χ1n) is 7.88. The van der Waals surface area contributed by atoms with Crippen molar-refractivity contribution in [3.63, 3.8) is 0 Å². The standard InChI is InChI=1S/C19H15NO2S/c21-18-19(20-17(22-18)12-5-2-1-3-6-12)14-9-8-13(11-14)16(19)15-7-4-10-23-15/h1-10,13-14,16H,11H2/t13?,14?,16-,19-/m1/s1. The number of rotatable bonds is 2. The summed E-state index contributed by atoms with van der Waals surface area (Å²) in [7, 11) is 0.